The van der Waals surface area contributed by atoms with Crippen molar-refractivity contribution in [2.45, 2.75) is 25.3 Å². The second-order valence-corrected chi connectivity index (χ2v) is 6.41. The molecule has 1 aliphatic rings. The molecule has 0 radical (unpaired) electrons. The zero-order valence-corrected chi connectivity index (χ0v) is 13.8. The summed E-state index contributed by atoms with van der Waals surface area (Å²) in [5, 5.41) is 7.33. The molecule has 1 aromatic heterocycles. The van der Waals surface area contributed by atoms with E-state index in [0.29, 0.717) is 0 Å². The minimum absolute atomic E-state index is 0.130. The van der Waals surface area contributed by atoms with Crippen molar-refractivity contribution in [2.75, 3.05) is 5.32 Å². The highest BCUT2D eigenvalue weighted by Gasteiger charge is 2.25. The van der Waals surface area contributed by atoms with Gasteiger partial charge in [0, 0.05) is 35.4 Å². The molecule has 0 saturated carbocycles. The van der Waals surface area contributed by atoms with Gasteiger partial charge in [-0.05, 0) is 43.0 Å². The van der Waals surface area contributed by atoms with Crippen LogP contribution in [-0.4, -0.2) is 16.6 Å². The molecule has 0 saturated heterocycles. The standard InChI is InChI=1S/C20H21N3O/c1-23-18-10-6-5-9-16(18)17-13-15(11-12-19(17)23)22-20(24)21-14-7-3-2-4-8-14/h2-10,15H,11-13H2,1H3,(H2,21,22,24). The van der Waals surface area contributed by atoms with Crippen molar-refractivity contribution in [1.29, 1.82) is 0 Å². The van der Waals surface area contributed by atoms with Crippen molar-refractivity contribution < 1.29 is 4.79 Å². The minimum Gasteiger partial charge on any atom is -0.347 e. The van der Waals surface area contributed by atoms with Crippen LogP contribution in [0.5, 0.6) is 0 Å². The fourth-order valence-electron chi connectivity index (χ4n) is 3.73. The third-order valence-electron chi connectivity index (χ3n) is 4.89. The molecule has 0 aliphatic heterocycles. The Morgan fingerprint density at radius 1 is 1.08 bits per heavy atom. The normalized spacial score (nSPS) is 16.6. The number of nitrogens with zero attached hydrogens (tertiary/aromatic N) is 1. The van der Waals surface area contributed by atoms with E-state index in [1.54, 1.807) is 0 Å². The molecule has 3 aromatic rings. The second-order valence-electron chi connectivity index (χ2n) is 6.41. The molecule has 1 atom stereocenters. The zero-order valence-electron chi connectivity index (χ0n) is 13.8. The lowest BCUT2D eigenvalue weighted by molar-refractivity contribution is 0.247. The summed E-state index contributed by atoms with van der Waals surface area (Å²) in [7, 11) is 2.14. The van der Waals surface area contributed by atoms with Crippen molar-refractivity contribution in [1.82, 2.24) is 9.88 Å². The summed E-state index contributed by atoms with van der Waals surface area (Å²) in [6.07, 6.45) is 2.86. The van der Waals surface area contributed by atoms with Gasteiger partial charge in [0.05, 0.1) is 0 Å². The molecule has 2 aromatic carbocycles. The summed E-state index contributed by atoms with van der Waals surface area (Å²) in [6.45, 7) is 0. The van der Waals surface area contributed by atoms with Crippen LogP contribution in [0, 0.1) is 0 Å². The number of para-hydroxylation sites is 2. The van der Waals surface area contributed by atoms with Gasteiger partial charge in [-0.15, -0.1) is 0 Å². The van der Waals surface area contributed by atoms with Crippen LogP contribution >= 0.6 is 0 Å². The van der Waals surface area contributed by atoms with Crippen LogP contribution in [0.1, 0.15) is 17.7 Å². The van der Waals surface area contributed by atoms with Crippen LogP contribution in [0.2, 0.25) is 0 Å². The Bertz CT molecular complexity index is 883. The number of carbonyl (C=O) groups excluding carboxylic acids is 1. The molecule has 4 heteroatoms. The van der Waals surface area contributed by atoms with E-state index in [4.69, 9.17) is 0 Å². The van der Waals surface area contributed by atoms with Gasteiger partial charge in [-0.3, -0.25) is 0 Å². The first-order valence-corrected chi connectivity index (χ1v) is 8.40. The van der Waals surface area contributed by atoms with Crippen LogP contribution in [-0.2, 0) is 19.9 Å². The van der Waals surface area contributed by atoms with Gasteiger partial charge in [-0.1, -0.05) is 36.4 Å². The molecule has 0 fully saturated rings. The van der Waals surface area contributed by atoms with E-state index in [-0.39, 0.29) is 12.1 Å². The highest BCUT2D eigenvalue weighted by molar-refractivity contribution is 5.90. The predicted molar refractivity (Wildman–Crippen MR) is 97.3 cm³/mol. The van der Waals surface area contributed by atoms with Crippen LogP contribution < -0.4 is 10.6 Å². The topological polar surface area (TPSA) is 46.1 Å². The van der Waals surface area contributed by atoms with Crippen LogP contribution in [0.15, 0.2) is 54.6 Å². The number of carbonyl (C=O) groups is 1. The summed E-state index contributed by atoms with van der Waals surface area (Å²) in [6, 6.07) is 18.1. The Labute approximate surface area is 141 Å². The lowest BCUT2D eigenvalue weighted by atomic mass is 9.91. The third-order valence-corrected chi connectivity index (χ3v) is 4.89. The zero-order chi connectivity index (χ0) is 16.5. The lowest BCUT2D eigenvalue weighted by Gasteiger charge is -2.24. The van der Waals surface area contributed by atoms with Crippen molar-refractivity contribution in [2.24, 2.45) is 7.05 Å². The number of rotatable bonds is 2. The number of aryl methyl sites for hydroxylation is 1. The number of nitrogens with one attached hydrogen (secondary N) is 2. The lowest BCUT2D eigenvalue weighted by Crippen LogP contribution is -2.41. The fraction of sp³-hybridized carbons (Fsp3) is 0.250. The largest absolute Gasteiger partial charge is 0.347 e. The molecule has 4 nitrogen and oxygen atoms in total. The van der Waals surface area contributed by atoms with Crippen molar-refractivity contribution in [3.8, 4) is 0 Å². The Kier molecular flexibility index (Phi) is 3.73. The van der Waals surface area contributed by atoms with Gasteiger partial charge in [0.15, 0.2) is 0 Å². The van der Waals surface area contributed by atoms with E-state index in [1.807, 2.05) is 30.3 Å². The highest BCUT2D eigenvalue weighted by Crippen LogP contribution is 2.31. The maximum Gasteiger partial charge on any atom is 0.319 e. The van der Waals surface area contributed by atoms with E-state index in [9.17, 15) is 4.79 Å². The summed E-state index contributed by atoms with van der Waals surface area (Å²) >= 11 is 0. The van der Waals surface area contributed by atoms with Gasteiger partial charge < -0.3 is 15.2 Å². The monoisotopic (exact) mass is 319 g/mol. The summed E-state index contributed by atoms with van der Waals surface area (Å²) in [4.78, 5) is 12.2. The Morgan fingerprint density at radius 2 is 1.83 bits per heavy atom. The summed E-state index contributed by atoms with van der Waals surface area (Å²) < 4.78 is 2.30. The smallest absolute Gasteiger partial charge is 0.319 e. The number of urea groups is 1. The van der Waals surface area contributed by atoms with Gasteiger partial charge >= 0.3 is 6.03 Å². The van der Waals surface area contributed by atoms with Crippen LogP contribution in [0.3, 0.4) is 0 Å². The van der Waals surface area contributed by atoms with Gasteiger partial charge in [-0.2, -0.15) is 0 Å². The second kappa shape index (κ2) is 6.04. The molecular weight excluding hydrogens is 298 g/mol. The number of hydrogen-bond acceptors (Lipinski definition) is 1. The van der Waals surface area contributed by atoms with E-state index in [2.05, 4.69) is 46.5 Å². The Balaban J connectivity index is 1.50. The molecule has 0 bridgehead atoms. The van der Waals surface area contributed by atoms with Crippen LogP contribution in [0.4, 0.5) is 10.5 Å². The minimum atomic E-state index is -0.130. The number of fused-ring (bicyclic) bond motifs is 3. The Morgan fingerprint density at radius 3 is 2.67 bits per heavy atom. The summed E-state index contributed by atoms with van der Waals surface area (Å²) in [5.74, 6) is 0. The first kappa shape index (κ1) is 14.8. The number of aromatic nitrogens is 1. The number of anilines is 1. The van der Waals surface area contributed by atoms with Gasteiger partial charge in [0.2, 0.25) is 0 Å². The van der Waals surface area contributed by atoms with Crippen LogP contribution in [0.25, 0.3) is 10.9 Å². The number of amides is 2. The quantitative estimate of drug-likeness (QED) is 0.740. The van der Waals surface area contributed by atoms with Crippen molar-refractivity contribution >= 4 is 22.6 Å². The fourth-order valence-corrected chi connectivity index (χ4v) is 3.73. The molecular formula is C20H21N3O. The van der Waals surface area contributed by atoms with E-state index in [0.717, 1.165) is 24.9 Å². The number of hydrogen-bond donors (Lipinski definition) is 2. The molecule has 1 unspecified atom stereocenters. The van der Waals surface area contributed by atoms with E-state index < -0.39 is 0 Å². The summed E-state index contributed by atoms with van der Waals surface area (Å²) in [5.41, 5.74) is 4.87. The SMILES string of the molecule is Cn1c2c(c3ccccc31)CC(NC(=O)Nc1ccccc1)CC2. The van der Waals surface area contributed by atoms with Gasteiger partial charge in [0.25, 0.3) is 0 Å². The predicted octanol–water partition coefficient (Wildman–Crippen LogP) is 3.86. The molecule has 1 aliphatic carbocycles. The van der Waals surface area contributed by atoms with Gasteiger partial charge in [-0.25, -0.2) is 4.79 Å². The Hall–Kier alpha value is -2.75. The average Bonchev–Trinajstić information content (AvgIpc) is 2.89. The van der Waals surface area contributed by atoms with Crippen molar-refractivity contribution in [3.05, 3.63) is 65.9 Å². The maximum atomic E-state index is 12.2. The molecule has 2 amide bonds. The average molecular weight is 319 g/mol. The highest BCUT2D eigenvalue weighted by atomic mass is 16.2. The first-order valence-electron chi connectivity index (χ1n) is 8.40. The van der Waals surface area contributed by atoms with E-state index in [1.165, 1.54) is 22.2 Å². The molecule has 2 N–H and O–H groups in total. The molecule has 1 heterocycles. The first-order chi connectivity index (χ1) is 11.7. The maximum absolute atomic E-state index is 12.2. The third kappa shape index (κ3) is 2.64. The van der Waals surface area contributed by atoms with Gasteiger partial charge in [0.1, 0.15) is 0 Å². The van der Waals surface area contributed by atoms with E-state index >= 15 is 0 Å². The molecule has 0 spiro atoms. The number of benzene rings is 2. The molecule has 4 rings (SSSR count). The van der Waals surface area contributed by atoms with Crippen molar-refractivity contribution in [3.63, 3.8) is 0 Å². The molecule has 24 heavy (non-hydrogen) atoms. The molecule has 122 valence electrons.